The largest absolute Gasteiger partial charge is 0.310 e. The summed E-state index contributed by atoms with van der Waals surface area (Å²) in [6, 6.07) is 66.5. The Labute approximate surface area is 388 Å². The van der Waals surface area contributed by atoms with E-state index in [0.29, 0.717) is 0 Å². The summed E-state index contributed by atoms with van der Waals surface area (Å²) in [4.78, 5) is 2.58. The minimum absolute atomic E-state index is 0.00618. The van der Waals surface area contributed by atoms with Crippen molar-refractivity contribution in [1.29, 1.82) is 0 Å². The van der Waals surface area contributed by atoms with Gasteiger partial charge in [-0.25, -0.2) is 0 Å². The van der Waals surface area contributed by atoms with Gasteiger partial charge in [-0.2, -0.15) is 0 Å². The lowest BCUT2D eigenvalue weighted by Gasteiger charge is -2.35. The third-order valence-electron chi connectivity index (χ3n) is 15.5. The number of fused-ring (bicyclic) bond motifs is 9. The highest BCUT2D eigenvalue weighted by molar-refractivity contribution is 7.22. The lowest BCUT2D eigenvalue weighted by atomic mass is 9.82. The van der Waals surface area contributed by atoms with Crippen molar-refractivity contribution in [3.8, 4) is 33.4 Å². The van der Waals surface area contributed by atoms with E-state index in [-0.39, 0.29) is 21.7 Å². The van der Waals surface area contributed by atoms with Crippen LogP contribution in [0.2, 0.25) is 0 Å². The van der Waals surface area contributed by atoms with Crippen LogP contribution in [0.15, 0.2) is 170 Å². The van der Waals surface area contributed by atoms with Crippen LogP contribution in [0, 0.1) is 6.92 Å². The monoisotopic (exact) mass is 859 g/mol. The van der Waals surface area contributed by atoms with Crippen LogP contribution in [-0.4, -0.2) is 8.07 Å². The first kappa shape index (κ1) is 41.5. The molecule has 0 fully saturated rings. The van der Waals surface area contributed by atoms with Crippen LogP contribution in [0.1, 0.15) is 108 Å². The maximum atomic E-state index is 2.60. The highest BCUT2D eigenvalue weighted by atomic mass is 28.3. The van der Waals surface area contributed by atoms with Crippen molar-refractivity contribution >= 4 is 45.9 Å². The van der Waals surface area contributed by atoms with Gasteiger partial charge in [0, 0.05) is 27.9 Å². The molecule has 322 valence electrons. The van der Waals surface area contributed by atoms with Gasteiger partial charge in [0.1, 0.15) is 0 Å². The summed E-state index contributed by atoms with van der Waals surface area (Å²) in [5.74, 6) is 0. The van der Waals surface area contributed by atoms with Crippen molar-refractivity contribution in [3.05, 3.63) is 209 Å². The molecule has 0 saturated carbocycles. The number of anilines is 3. The summed E-state index contributed by atoms with van der Waals surface area (Å²) >= 11 is 0. The van der Waals surface area contributed by atoms with E-state index >= 15 is 0 Å². The number of benzene rings is 8. The predicted octanol–water partition coefficient (Wildman–Crippen LogP) is 14.0. The lowest BCUT2D eigenvalue weighted by molar-refractivity contribution is 0.590. The summed E-state index contributed by atoms with van der Waals surface area (Å²) in [6.45, 7) is 26.0. The SMILES string of the molecule is Cc1cc(N(c2ccc3c(c2)C(C)(C)c2ccccc2-3)c2ccc3c(c2)C(C)(C)c2ccccc2-3)cc([Si]2(c3ccccc3)c3cc(C(C)(C)C)ccc3-c3ccc(C(C)(C)C)cc32)c1. The van der Waals surface area contributed by atoms with Crippen LogP contribution >= 0.6 is 0 Å². The van der Waals surface area contributed by atoms with E-state index in [9.17, 15) is 0 Å². The number of aryl methyl sites for hydroxylation is 1. The minimum atomic E-state index is -2.95. The van der Waals surface area contributed by atoms with Crippen LogP contribution in [0.25, 0.3) is 33.4 Å². The molecule has 2 heteroatoms. The first-order valence-corrected chi connectivity index (χ1v) is 25.7. The van der Waals surface area contributed by atoms with E-state index in [1.54, 1.807) is 0 Å². The van der Waals surface area contributed by atoms with Crippen molar-refractivity contribution in [2.24, 2.45) is 0 Å². The third-order valence-corrected chi connectivity index (χ3v) is 20.3. The highest BCUT2D eigenvalue weighted by Gasteiger charge is 2.50. The zero-order valence-corrected chi connectivity index (χ0v) is 41.1. The summed E-state index contributed by atoms with van der Waals surface area (Å²) in [5, 5.41) is 5.83. The van der Waals surface area contributed by atoms with Gasteiger partial charge in [0.25, 0.3) is 0 Å². The fourth-order valence-electron chi connectivity index (χ4n) is 12.0. The summed E-state index contributed by atoms with van der Waals surface area (Å²) in [7, 11) is -2.95. The Morgan fingerprint density at radius 3 is 1.28 bits per heavy atom. The van der Waals surface area contributed by atoms with Gasteiger partial charge in [0.2, 0.25) is 0 Å². The molecule has 2 aliphatic carbocycles. The second kappa shape index (κ2) is 14.1. The molecule has 0 atom stereocenters. The van der Waals surface area contributed by atoms with E-state index in [2.05, 4.69) is 251 Å². The quantitative estimate of drug-likeness (QED) is 0.156. The maximum absolute atomic E-state index is 2.95. The van der Waals surface area contributed by atoms with Crippen molar-refractivity contribution < 1.29 is 0 Å². The molecule has 8 aromatic rings. The van der Waals surface area contributed by atoms with Gasteiger partial charge < -0.3 is 4.90 Å². The van der Waals surface area contributed by atoms with Gasteiger partial charge in [-0.3, -0.25) is 0 Å². The molecule has 0 radical (unpaired) electrons. The van der Waals surface area contributed by atoms with Crippen molar-refractivity contribution in [3.63, 3.8) is 0 Å². The van der Waals surface area contributed by atoms with Crippen LogP contribution in [0.4, 0.5) is 17.1 Å². The van der Waals surface area contributed by atoms with Gasteiger partial charge in [-0.1, -0.05) is 203 Å². The first-order chi connectivity index (χ1) is 30.9. The Kier molecular flexibility index (Phi) is 9.02. The second-order valence-corrected chi connectivity index (χ2v) is 26.1. The third kappa shape index (κ3) is 6.09. The predicted molar refractivity (Wildman–Crippen MR) is 281 cm³/mol. The van der Waals surface area contributed by atoms with Crippen LogP contribution in [-0.2, 0) is 21.7 Å². The molecule has 0 bridgehead atoms. The smallest absolute Gasteiger partial charge is 0.180 e. The molecule has 3 aliphatic rings. The molecular weight excluding hydrogens is 799 g/mol. The zero-order valence-electron chi connectivity index (χ0n) is 40.1. The van der Waals surface area contributed by atoms with Crippen LogP contribution in [0.3, 0.4) is 0 Å². The molecule has 65 heavy (non-hydrogen) atoms. The Balaban J connectivity index is 1.21. The average Bonchev–Trinajstić information content (AvgIpc) is 3.80. The van der Waals surface area contributed by atoms with E-state index in [1.807, 2.05) is 0 Å². The topological polar surface area (TPSA) is 3.24 Å². The number of nitrogens with zero attached hydrogens (tertiary/aromatic N) is 1. The minimum Gasteiger partial charge on any atom is -0.310 e. The molecule has 0 unspecified atom stereocenters. The Bertz CT molecular complexity index is 3070. The standard InChI is InChI=1S/C63H61NSi/c1-40-33-45(37-47(34-40)65(46-19-13-12-14-20-46)58-35-41(60(2,3)4)25-29-52(58)53-30-26-42(36-59(53)65)61(5,6)7)64(43-27-31-50-48-21-15-17-23-54(48)62(8,9)56(50)38-43)44-28-32-51-49-22-16-18-24-55(49)63(10,11)57(51)39-44/h12-39H,1-11H3. The molecule has 0 aromatic heterocycles. The van der Waals surface area contributed by atoms with E-state index < -0.39 is 8.07 Å². The van der Waals surface area contributed by atoms with Gasteiger partial charge >= 0.3 is 0 Å². The molecule has 0 saturated heterocycles. The van der Waals surface area contributed by atoms with Crippen molar-refractivity contribution in [2.45, 2.75) is 97.8 Å². The number of rotatable bonds is 5. The molecule has 0 amide bonds. The number of hydrogen-bond acceptors (Lipinski definition) is 1. The van der Waals surface area contributed by atoms with Crippen LogP contribution in [0.5, 0.6) is 0 Å². The van der Waals surface area contributed by atoms with E-state index in [4.69, 9.17) is 0 Å². The van der Waals surface area contributed by atoms with Crippen molar-refractivity contribution in [2.75, 3.05) is 4.90 Å². The van der Waals surface area contributed by atoms with E-state index in [0.717, 1.165) is 0 Å². The molecule has 1 nitrogen and oxygen atoms in total. The van der Waals surface area contributed by atoms with Gasteiger partial charge in [-0.05, 0) is 147 Å². The molecule has 0 N–H and O–H groups in total. The van der Waals surface area contributed by atoms with Gasteiger partial charge in [-0.15, -0.1) is 0 Å². The summed E-state index contributed by atoms with van der Waals surface area (Å²) in [5.41, 5.74) is 21.0. The van der Waals surface area contributed by atoms with Crippen LogP contribution < -0.4 is 25.6 Å². The fraction of sp³-hybridized carbons (Fsp3) is 0.238. The molecule has 8 aromatic carbocycles. The van der Waals surface area contributed by atoms with Gasteiger partial charge in [0.05, 0.1) is 0 Å². The Morgan fingerprint density at radius 1 is 0.369 bits per heavy atom. The lowest BCUT2D eigenvalue weighted by Crippen LogP contribution is -2.73. The Hall–Kier alpha value is -6.22. The highest BCUT2D eigenvalue weighted by Crippen LogP contribution is 2.53. The molecule has 1 aliphatic heterocycles. The van der Waals surface area contributed by atoms with Crippen molar-refractivity contribution in [1.82, 2.24) is 0 Å². The number of hydrogen-bond donors (Lipinski definition) is 0. The molecule has 0 spiro atoms. The summed E-state index contributed by atoms with van der Waals surface area (Å²) < 4.78 is 0. The average molecular weight is 860 g/mol. The maximum Gasteiger partial charge on any atom is 0.180 e. The van der Waals surface area contributed by atoms with Gasteiger partial charge in [0.15, 0.2) is 8.07 Å². The summed E-state index contributed by atoms with van der Waals surface area (Å²) in [6.07, 6.45) is 0. The van der Waals surface area contributed by atoms with E-state index in [1.165, 1.54) is 110 Å². The Morgan fingerprint density at radius 2 is 0.800 bits per heavy atom. The second-order valence-electron chi connectivity index (χ2n) is 22.3. The zero-order chi connectivity index (χ0) is 45.4. The molecule has 1 heterocycles. The normalized spacial score (nSPS) is 15.7. The molecular formula is C63H61NSi. The fourth-order valence-corrected chi connectivity index (χ4v) is 17.3. The molecule has 11 rings (SSSR count). The first-order valence-electron chi connectivity index (χ1n) is 23.7.